The van der Waals surface area contributed by atoms with E-state index in [9.17, 15) is 13.2 Å². The van der Waals surface area contributed by atoms with Gasteiger partial charge in [0.05, 0.1) is 23.7 Å². The fourth-order valence-electron chi connectivity index (χ4n) is 3.14. The zero-order valence-electron chi connectivity index (χ0n) is 16.8. The lowest BCUT2D eigenvalue weighted by Gasteiger charge is -2.21. The SMILES string of the molecule is C[C@H](NC(=O)c1ccc(S(=O)(=O)NCc2ccco2)cc1)c1ccc2c(c1)OCCO2. The highest BCUT2D eigenvalue weighted by Crippen LogP contribution is 2.32. The van der Waals surface area contributed by atoms with E-state index in [1.54, 1.807) is 12.1 Å². The molecule has 1 aromatic heterocycles. The number of ether oxygens (including phenoxy) is 2. The third kappa shape index (κ3) is 4.89. The molecule has 0 spiro atoms. The van der Waals surface area contributed by atoms with Gasteiger partial charge in [0.25, 0.3) is 5.91 Å². The third-order valence-corrected chi connectivity index (χ3v) is 6.27. The summed E-state index contributed by atoms with van der Waals surface area (Å²) in [6.07, 6.45) is 1.48. The Labute approximate surface area is 180 Å². The molecule has 2 heterocycles. The summed E-state index contributed by atoms with van der Waals surface area (Å²) >= 11 is 0. The van der Waals surface area contributed by atoms with Gasteiger partial charge in [0, 0.05) is 5.56 Å². The van der Waals surface area contributed by atoms with Gasteiger partial charge in [0.2, 0.25) is 10.0 Å². The molecule has 1 aliphatic heterocycles. The molecule has 0 aliphatic carbocycles. The molecule has 1 amide bonds. The van der Waals surface area contributed by atoms with Gasteiger partial charge in [-0.05, 0) is 61.0 Å². The number of carbonyl (C=O) groups is 1. The van der Waals surface area contributed by atoms with Crippen molar-refractivity contribution in [2.45, 2.75) is 24.4 Å². The van der Waals surface area contributed by atoms with Crippen LogP contribution in [-0.2, 0) is 16.6 Å². The number of amides is 1. The molecule has 3 aromatic rings. The number of benzene rings is 2. The van der Waals surface area contributed by atoms with Gasteiger partial charge in [-0.1, -0.05) is 6.07 Å². The third-order valence-electron chi connectivity index (χ3n) is 4.86. The predicted octanol–water partition coefficient (Wildman–Crippen LogP) is 3.02. The molecular weight excluding hydrogens is 420 g/mol. The van der Waals surface area contributed by atoms with Gasteiger partial charge in [-0.15, -0.1) is 0 Å². The normalized spacial score (nSPS) is 14.1. The number of hydrogen-bond acceptors (Lipinski definition) is 6. The lowest BCUT2D eigenvalue weighted by Crippen LogP contribution is -2.27. The summed E-state index contributed by atoms with van der Waals surface area (Å²) in [5.41, 5.74) is 1.23. The number of furan rings is 1. The summed E-state index contributed by atoms with van der Waals surface area (Å²) in [6.45, 7) is 2.91. The van der Waals surface area contributed by atoms with E-state index in [1.165, 1.54) is 30.5 Å². The van der Waals surface area contributed by atoms with E-state index in [0.29, 0.717) is 36.0 Å². The van der Waals surface area contributed by atoms with Crippen molar-refractivity contribution in [3.05, 3.63) is 77.7 Å². The first-order valence-electron chi connectivity index (χ1n) is 9.75. The zero-order chi connectivity index (χ0) is 21.8. The monoisotopic (exact) mass is 442 g/mol. The van der Waals surface area contributed by atoms with E-state index < -0.39 is 10.0 Å². The first-order valence-corrected chi connectivity index (χ1v) is 11.2. The first-order chi connectivity index (χ1) is 14.9. The van der Waals surface area contributed by atoms with Crippen LogP contribution >= 0.6 is 0 Å². The molecule has 9 heteroatoms. The van der Waals surface area contributed by atoms with Gasteiger partial charge in [0.1, 0.15) is 19.0 Å². The minimum absolute atomic E-state index is 0.0462. The lowest BCUT2D eigenvalue weighted by molar-refractivity contribution is 0.0939. The first kappa shape index (κ1) is 21.0. The van der Waals surface area contributed by atoms with Crippen molar-refractivity contribution < 1.29 is 27.1 Å². The summed E-state index contributed by atoms with van der Waals surface area (Å²) in [5, 5.41) is 2.91. The summed E-state index contributed by atoms with van der Waals surface area (Å²) < 4.78 is 43.5. The van der Waals surface area contributed by atoms with Gasteiger partial charge < -0.3 is 19.2 Å². The van der Waals surface area contributed by atoms with E-state index in [0.717, 1.165) is 5.56 Å². The Kier molecular flexibility index (Phi) is 5.97. The molecule has 31 heavy (non-hydrogen) atoms. The van der Waals surface area contributed by atoms with Gasteiger partial charge in [0.15, 0.2) is 11.5 Å². The van der Waals surface area contributed by atoms with E-state index in [2.05, 4.69) is 10.0 Å². The van der Waals surface area contributed by atoms with Gasteiger partial charge in [-0.25, -0.2) is 13.1 Å². The quantitative estimate of drug-likeness (QED) is 0.583. The van der Waals surface area contributed by atoms with Crippen LogP contribution in [0.4, 0.5) is 0 Å². The Morgan fingerprint density at radius 3 is 2.48 bits per heavy atom. The second kappa shape index (κ2) is 8.83. The van der Waals surface area contributed by atoms with Crippen molar-refractivity contribution in [1.82, 2.24) is 10.0 Å². The topological polar surface area (TPSA) is 107 Å². The number of carbonyl (C=O) groups excluding carboxylic acids is 1. The highest BCUT2D eigenvalue weighted by molar-refractivity contribution is 7.89. The smallest absolute Gasteiger partial charge is 0.251 e. The predicted molar refractivity (Wildman–Crippen MR) is 112 cm³/mol. The maximum atomic E-state index is 12.6. The molecule has 0 saturated carbocycles. The highest BCUT2D eigenvalue weighted by Gasteiger charge is 2.18. The standard InChI is InChI=1S/C22H22N2O6S/c1-15(17-6-9-20-21(13-17)30-12-11-29-20)24-22(25)16-4-7-19(8-5-16)31(26,27)23-14-18-3-2-10-28-18/h2-10,13,15,23H,11-12,14H2,1H3,(H,24,25)/t15-/m0/s1. The van der Waals surface area contributed by atoms with Crippen molar-refractivity contribution in [3.63, 3.8) is 0 Å². The van der Waals surface area contributed by atoms with Crippen LogP contribution in [-0.4, -0.2) is 27.5 Å². The molecule has 1 atom stereocenters. The largest absolute Gasteiger partial charge is 0.486 e. The molecule has 162 valence electrons. The Morgan fingerprint density at radius 1 is 1.03 bits per heavy atom. The van der Waals surface area contributed by atoms with E-state index in [-0.39, 0.29) is 23.4 Å². The van der Waals surface area contributed by atoms with E-state index >= 15 is 0 Å². The van der Waals surface area contributed by atoms with Crippen LogP contribution in [0.1, 0.15) is 34.6 Å². The maximum Gasteiger partial charge on any atom is 0.251 e. The Morgan fingerprint density at radius 2 is 1.77 bits per heavy atom. The summed E-state index contributed by atoms with van der Waals surface area (Å²) in [4.78, 5) is 12.7. The van der Waals surface area contributed by atoms with Gasteiger partial charge in [-0.3, -0.25) is 4.79 Å². The molecule has 0 radical (unpaired) electrons. The number of sulfonamides is 1. The minimum atomic E-state index is -3.72. The van der Waals surface area contributed by atoms with Crippen LogP contribution < -0.4 is 19.5 Å². The van der Waals surface area contributed by atoms with Crippen molar-refractivity contribution in [3.8, 4) is 11.5 Å². The minimum Gasteiger partial charge on any atom is -0.486 e. The van der Waals surface area contributed by atoms with Crippen LogP contribution in [0.3, 0.4) is 0 Å². The number of hydrogen-bond donors (Lipinski definition) is 2. The van der Waals surface area contributed by atoms with Crippen LogP contribution in [0.2, 0.25) is 0 Å². The Balaban J connectivity index is 1.39. The van der Waals surface area contributed by atoms with Crippen LogP contribution in [0.15, 0.2) is 70.2 Å². The number of fused-ring (bicyclic) bond motifs is 1. The zero-order valence-corrected chi connectivity index (χ0v) is 17.6. The molecule has 2 N–H and O–H groups in total. The molecule has 4 rings (SSSR count). The summed E-state index contributed by atoms with van der Waals surface area (Å²) in [5.74, 6) is 1.54. The fourth-order valence-corrected chi connectivity index (χ4v) is 4.13. The van der Waals surface area contributed by atoms with Crippen LogP contribution in [0.5, 0.6) is 11.5 Å². The Hall–Kier alpha value is -3.30. The lowest BCUT2D eigenvalue weighted by atomic mass is 10.1. The average molecular weight is 442 g/mol. The second-order valence-corrected chi connectivity index (χ2v) is 8.79. The number of nitrogens with one attached hydrogen (secondary N) is 2. The molecular formula is C22H22N2O6S. The van der Waals surface area contributed by atoms with Gasteiger partial charge in [-0.2, -0.15) is 0 Å². The number of rotatable bonds is 7. The van der Waals surface area contributed by atoms with Crippen molar-refractivity contribution in [2.24, 2.45) is 0 Å². The molecule has 0 saturated heterocycles. The molecule has 0 unspecified atom stereocenters. The molecule has 0 bridgehead atoms. The Bertz CT molecular complexity index is 1160. The van der Waals surface area contributed by atoms with E-state index in [4.69, 9.17) is 13.9 Å². The van der Waals surface area contributed by atoms with Crippen molar-refractivity contribution >= 4 is 15.9 Å². The van der Waals surface area contributed by atoms with Crippen LogP contribution in [0.25, 0.3) is 0 Å². The highest BCUT2D eigenvalue weighted by atomic mass is 32.2. The molecule has 0 fully saturated rings. The molecule has 2 aromatic carbocycles. The van der Waals surface area contributed by atoms with Crippen molar-refractivity contribution in [2.75, 3.05) is 13.2 Å². The molecule has 8 nitrogen and oxygen atoms in total. The second-order valence-electron chi connectivity index (χ2n) is 7.03. The van der Waals surface area contributed by atoms with Gasteiger partial charge >= 0.3 is 0 Å². The van der Waals surface area contributed by atoms with Crippen molar-refractivity contribution in [1.29, 1.82) is 0 Å². The molecule has 1 aliphatic rings. The van der Waals surface area contributed by atoms with E-state index in [1.807, 2.05) is 25.1 Å². The maximum absolute atomic E-state index is 12.6. The summed E-state index contributed by atoms with van der Waals surface area (Å²) in [7, 11) is -3.72. The fraction of sp³-hybridized carbons (Fsp3) is 0.227. The average Bonchev–Trinajstić information content (AvgIpc) is 3.31. The van der Waals surface area contributed by atoms with Crippen LogP contribution in [0, 0.1) is 0 Å². The summed E-state index contributed by atoms with van der Waals surface area (Å²) in [6, 6.07) is 14.4.